The zero-order valence-corrected chi connectivity index (χ0v) is 11.5. The molecule has 0 atom stereocenters. The second-order valence-corrected chi connectivity index (χ2v) is 5.50. The van der Waals surface area contributed by atoms with E-state index in [4.69, 9.17) is 5.11 Å². The molecule has 0 saturated heterocycles. The standard InChI is InChI=1S/C12H13N5O2S/c18-11(19)8-6-14-10(7-13-8)20-12-16-15-9-4-2-1-3-5-17(9)12/h6-7H,1-5H2,(H,18,19). The van der Waals surface area contributed by atoms with Gasteiger partial charge < -0.3 is 9.67 Å². The number of fused-ring (bicyclic) bond motifs is 1. The smallest absolute Gasteiger partial charge is 0.356 e. The average molecular weight is 291 g/mol. The van der Waals surface area contributed by atoms with Crippen LogP contribution in [0.1, 0.15) is 35.6 Å². The highest BCUT2D eigenvalue weighted by Crippen LogP contribution is 2.26. The van der Waals surface area contributed by atoms with E-state index in [0.29, 0.717) is 5.03 Å². The second kappa shape index (κ2) is 5.58. The molecule has 7 nitrogen and oxygen atoms in total. The van der Waals surface area contributed by atoms with Gasteiger partial charge in [-0.25, -0.2) is 14.8 Å². The monoisotopic (exact) mass is 291 g/mol. The van der Waals surface area contributed by atoms with Crippen LogP contribution in [0.5, 0.6) is 0 Å². The van der Waals surface area contributed by atoms with Crippen molar-refractivity contribution in [2.24, 2.45) is 0 Å². The number of aromatic nitrogens is 5. The van der Waals surface area contributed by atoms with Gasteiger partial charge >= 0.3 is 5.97 Å². The topological polar surface area (TPSA) is 93.8 Å². The van der Waals surface area contributed by atoms with Crippen molar-refractivity contribution < 1.29 is 9.90 Å². The van der Waals surface area contributed by atoms with Crippen LogP contribution in [0.3, 0.4) is 0 Å². The number of carbonyl (C=O) groups is 1. The van der Waals surface area contributed by atoms with E-state index in [1.54, 1.807) is 0 Å². The van der Waals surface area contributed by atoms with Gasteiger partial charge in [0.2, 0.25) is 0 Å². The summed E-state index contributed by atoms with van der Waals surface area (Å²) in [5.41, 5.74) is -0.0607. The summed E-state index contributed by atoms with van der Waals surface area (Å²) in [6, 6.07) is 0. The highest BCUT2D eigenvalue weighted by Gasteiger charge is 2.16. The van der Waals surface area contributed by atoms with E-state index >= 15 is 0 Å². The predicted molar refractivity (Wildman–Crippen MR) is 70.7 cm³/mol. The predicted octanol–water partition coefficient (Wildman–Crippen LogP) is 1.64. The van der Waals surface area contributed by atoms with Crippen LogP contribution in [0.25, 0.3) is 0 Å². The Hall–Kier alpha value is -1.96. The molecule has 20 heavy (non-hydrogen) atoms. The molecule has 3 rings (SSSR count). The van der Waals surface area contributed by atoms with Crippen molar-refractivity contribution in [3.05, 3.63) is 23.9 Å². The van der Waals surface area contributed by atoms with E-state index in [0.717, 1.165) is 36.8 Å². The molecule has 0 bridgehead atoms. The molecule has 0 saturated carbocycles. The van der Waals surface area contributed by atoms with Gasteiger partial charge in [0.15, 0.2) is 10.9 Å². The molecule has 1 aliphatic heterocycles. The SMILES string of the molecule is O=C(O)c1cnc(Sc2nnc3n2CCCCC3)cn1. The molecular weight excluding hydrogens is 278 g/mol. The molecule has 3 heterocycles. The maximum absolute atomic E-state index is 10.7. The molecule has 2 aromatic rings. The summed E-state index contributed by atoms with van der Waals surface area (Å²) >= 11 is 1.36. The normalized spacial score (nSPS) is 14.6. The maximum Gasteiger partial charge on any atom is 0.356 e. The lowest BCUT2D eigenvalue weighted by Crippen LogP contribution is -2.03. The van der Waals surface area contributed by atoms with Gasteiger partial charge in [-0.05, 0) is 24.6 Å². The van der Waals surface area contributed by atoms with Gasteiger partial charge in [-0.1, -0.05) is 6.42 Å². The molecule has 104 valence electrons. The van der Waals surface area contributed by atoms with Crippen molar-refractivity contribution in [2.45, 2.75) is 42.4 Å². The Morgan fingerprint density at radius 2 is 2.10 bits per heavy atom. The van der Waals surface area contributed by atoms with Gasteiger partial charge in [-0.2, -0.15) is 0 Å². The number of hydrogen-bond donors (Lipinski definition) is 1. The number of carboxylic acid groups (broad SMARTS) is 1. The van der Waals surface area contributed by atoms with E-state index in [2.05, 4.69) is 24.7 Å². The van der Waals surface area contributed by atoms with Gasteiger partial charge in [-0.3, -0.25) is 0 Å². The lowest BCUT2D eigenvalue weighted by molar-refractivity contribution is 0.0689. The fourth-order valence-electron chi connectivity index (χ4n) is 2.11. The minimum atomic E-state index is -1.08. The van der Waals surface area contributed by atoms with Crippen molar-refractivity contribution in [1.82, 2.24) is 24.7 Å². The first-order valence-corrected chi connectivity index (χ1v) is 7.21. The Morgan fingerprint density at radius 3 is 2.85 bits per heavy atom. The Bertz CT molecular complexity index is 625. The Labute approximate surface area is 119 Å². The van der Waals surface area contributed by atoms with Gasteiger partial charge in [0.25, 0.3) is 0 Å². The molecular formula is C12H13N5O2S. The summed E-state index contributed by atoms with van der Waals surface area (Å²) in [6.07, 6.45) is 7.15. The molecule has 0 aliphatic carbocycles. The lowest BCUT2D eigenvalue weighted by Gasteiger charge is -2.05. The third-order valence-electron chi connectivity index (χ3n) is 3.12. The zero-order chi connectivity index (χ0) is 13.9. The van der Waals surface area contributed by atoms with Gasteiger partial charge in [0.1, 0.15) is 10.9 Å². The number of rotatable bonds is 3. The van der Waals surface area contributed by atoms with E-state index in [1.165, 1.54) is 30.6 Å². The van der Waals surface area contributed by atoms with Crippen LogP contribution in [0.4, 0.5) is 0 Å². The molecule has 0 radical (unpaired) electrons. The zero-order valence-electron chi connectivity index (χ0n) is 10.7. The van der Waals surface area contributed by atoms with Gasteiger partial charge in [0.05, 0.1) is 12.4 Å². The first kappa shape index (κ1) is 13.0. The lowest BCUT2D eigenvalue weighted by atomic mass is 10.2. The number of aromatic carboxylic acids is 1. The van der Waals surface area contributed by atoms with Crippen molar-refractivity contribution in [3.63, 3.8) is 0 Å². The third kappa shape index (κ3) is 2.64. The van der Waals surface area contributed by atoms with Crippen LogP contribution < -0.4 is 0 Å². The molecule has 8 heteroatoms. The summed E-state index contributed by atoms with van der Waals surface area (Å²) in [5.74, 6) is -0.0643. The van der Waals surface area contributed by atoms with Crippen molar-refractivity contribution in [1.29, 1.82) is 0 Å². The Balaban J connectivity index is 1.81. The minimum Gasteiger partial charge on any atom is -0.476 e. The van der Waals surface area contributed by atoms with Crippen molar-refractivity contribution >= 4 is 17.7 Å². The van der Waals surface area contributed by atoms with Crippen LogP contribution in [0.2, 0.25) is 0 Å². The summed E-state index contributed by atoms with van der Waals surface area (Å²) in [7, 11) is 0. The van der Waals surface area contributed by atoms with Crippen LogP contribution >= 0.6 is 11.8 Å². The molecule has 1 N–H and O–H groups in total. The first-order chi connectivity index (χ1) is 9.74. The molecule has 0 fully saturated rings. The highest BCUT2D eigenvalue weighted by atomic mass is 32.2. The fourth-order valence-corrected chi connectivity index (χ4v) is 2.89. The number of carboxylic acids is 1. The van der Waals surface area contributed by atoms with E-state index in [1.807, 2.05) is 0 Å². The second-order valence-electron chi connectivity index (χ2n) is 4.51. The highest BCUT2D eigenvalue weighted by molar-refractivity contribution is 7.99. The molecule has 0 aromatic carbocycles. The van der Waals surface area contributed by atoms with Crippen molar-refractivity contribution in [2.75, 3.05) is 0 Å². The molecule has 0 amide bonds. The van der Waals surface area contributed by atoms with Crippen LogP contribution in [0, 0.1) is 0 Å². The quantitative estimate of drug-likeness (QED) is 0.918. The maximum atomic E-state index is 10.7. The van der Waals surface area contributed by atoms with E-state index in [9.17, 15) is 4.79 Å². The molecule has 0 unspecified atom stereocenters. The van der Waals surface area contributed by atoms with E-state index in [-0.39, 0.29) is 5.69 Å². The fraction of sp³-hybridized carbons (Fsp3) is 0.417. The molecule has 2 aromatic heterocycles. The Kier molecular flexibility index (Phi) is 3.64. The first-order valence-electron chi connectivity index (χ1n) is 6.39. The Morgan fingerprint density at radius 1 is 1.20 bits per heavy atom. The summed E-state index contributed by atoms with van der Waals surface area (Å²) < 4.78 is 2.12. The summed E-state index contributed by atoms with van der Waals surface area (Å²) in [5, 5.41) is 18.6. The average Bonchev–Trinajstić information content (AvgIpc) is 2.69. The van der Waals surface area contributed by atoms with Crippen molar-refractivity contribution in [3.8, 4) is 0 Å². The number of hydrogen-bond acceptors (Lipinski definition) is 6. The van der Waals surface area contributed by atoms with Gasteiger partial charge in [0, 0.05) is 13.0 Å². The summed E-state index contributed by atoms with van der Waals surface area (Å²) in [4.78, 5) is 18.7. The van der Waals surface area contributed by atoms with Gasteiger partial charge in [-0.15, -0.1) is 10.2 Å². The van der Waals surface area contributed by atoms with Crippen LogP contribution in [0.15, 0.2) is 22.6 Å². The molecule has 1 aliphatic rings. The van der Waals surface area contributed by atoms with Crippen LogP contribution in [-0.2, 0) is 13.0 Å². The number of aryl methyl sites for hydroxylation is 1. The molecule has 0 spiro atoms. The van der Waals surface area contributed by atoms with Crippen LogP contribution in [-0.4, -0.2) is 35.8 Å². The number of nitrogens with zero attached hydrogens (tertiary/aromatic N) is 5. The minimum absolute atomic E-state index is 0.0607. The summed E-state index contributed by atoms with van der Waals surface area (Å²) in [6.45, 7) is 0.922. The van der Waals surface area contributed by atoms with E-state index < -0.39 is 5.97 Å². The third-order valence-corrected chi connectivity index (χ3v) is 4.02. The largest absolute Gasteiger partial charge is 0.476 e.